The van der Waals surface area contributed by atoms with Crippen molar-refractivity contribution in [2.75, 3.05) is 0 Å². The van der Waals surface area contributed by atoms with E-state index in [1.807, 2.05) is 17.4 Å². The maximum Gasteiger partial charge on any atom is 0.136 e. The van der Waals surface area contributed by atoms with Gasteiger partial charge in [0.25, 0.3) is 0 Å². The zero-order valence-electron chi connectivity index (χ0n) is 23.7. The van der Waals surface area contributed by atoms with E-state index in [1.165, 1.54) is 74.7 Å². The van der Waals surface area contributed by atoms with Gasteiger partial charge in [-0.05, 0) is 91.0 Å². The van der Waals surface area contributed by atoms with Gasteiger partial charge in [0.05, 0.1) is 0 Å². The van der Waals surface area contributed by atoms with Crippen LogP contribution in [0.4, 0.5) is 0 Å². The van der Waals surface area contributed by atoms with Crippen molar-refractivity contribution in [2.45, 2.75) is 0 Å². The second-order valence-corrected chi connectivity index (χ2v) is 12.7. The quantitative estimate of drug-likeness (QED) is 0.187. The molecule has 8 aromatic carbocycles. The summed E-state index contributed by atoms with van der Waals surface area (Å²) in [6, 6.07) is 53.1. The van der Waals surface area contributed by atoms with E-state index in [-0.39, 0.29) is 0 Å². The van der Waals surface area contributed by atoms with Crippen LogP contribution in [0.3, 0.4) is 0 Å². The van der Waals surface area contributed by atoms with E-state index < -0.39 is 0 Å². The van der Waals surface area contributed by atoms with E-state index in [4.69, 9.17) is 4.42 Å². The molecule has 204 valence electrons. The van der Waals surface area contributed by atoms with Gasteiger partial charge < -0.3 is 4.42 Å². The van der Waals surface area contributed by atoms with Crippen LogP contribution in [0.15, 0.2) is 150 Å². The van der Waals surface area contributed by atoms with E-state index in [1.54, 1.807) is 0 Å². The lowest BCUT2D eigenvalue weighted by atomic mass is 9.84. The summed E-state index contributed by atoms with van der Waals surface area (Å²) in [6.07, 6.45) is 0. The Labute approximate surface area is 257 Å². The van der Waals surface area contributed by atoms with E-state index >= 15 is 0 Å². The highest BCUT2D eigenvalue weighted by molar-refractivity contribution is 7.25. The summed E-state index contributed by atoms with van der Waals surface area (Å²) in [5.74, 6) is 0. The van der Waals surface area contributed by atoms with Crippen molar-refractivity contribution in [2.24, 2.45) is 0 Å². The first-order valence-corrected chi connectivity index (χ1v) is 15.8. The van der Waals surface area contributed by atoms with Crippen molar-refractivity contribution in [3.05, 3.63) is 146 Å². The molecule has 10 aromatic rings. The second-order valence-electron chi connectivity index (χ2n) is 11.6. The minimum Gasteiger partial charge on any atom is -0.456 e. The average Bonchev–Trinajstić information content (AvgIpc) is 3.63. The Balaban J connectivity index is 1.31. The van der Waals surface area contributed by atoms with Crippen molar-refractivity contribution in [3.8, 4) is 22.3 Å². The highest BCUT2D eigenvalue weighted by Gasteiger charge is 2.19. The Morgan fingerprint density at radius 1 is 0.364 bits per heavy atom. The fraction of sp³-hybridized carbons (Fsp3) is 0. The SMILES string of the molecule is c1cc(-c2c3ccccc3c(-c3ccc4sc5ccccc5c4c3)c3ccccc23)c2cc3oc4ccccc4c3cc2c1. The van der Waals surface area contributed by atoms with Gasteiger partial charge in [-0.2, -0.15) is 0 Å². The van der Waals surface area contributed by atoms with Gasteiger partial charge in [0.2, 0.25) is 0 Å². The fourth-order valence-corrected chi connectivity index (χ4v) is 8.41. The monoisotopic (exact) mass is 576 g/mol. The Kier molecular flexibility index (Phi) is 4.94. The number of rotatable bonds is 2. The van der Waals surface area contributed by atoms with Crippen LogP contribution in [0.1, 0.15) is 0 Å². The van der Waals surface area contributed by atoms with Gasteiger partial charge >= 0.3 is 0 Å². The lowest BCUT2D eigenvalue weighted by Crippen LogP contribution is -1.91. The maximum absolute atomic E-state index is 6.36. The molecule has 0 saturated heterocycles. The number of fused-ring (bicyclic) bond motifs is 9. The van der Waals surface area contributed by atoms with Gasteiger partial charge in [0.1, 0.15) is 11.2 Å². The Morgan fingerprint density at radius 2 is 1.00 bits per heavy atom. The first kappa shape index (κ1) is 24.0. The topological polar surface area (TPSA) is 13.1 Å². The van der Waals surface area contributed by atoms with Gasteiger partial charge in [0, 0.05) is 30.9 Å². The van der Waals surface area contributed by atoms with Crippen molar-refractivity contribution in [1.29, 1.82) is 0 Å². The summed E-state index contributed by atoms with van der Waals surface area (Å²) in [7, 11) is 0. The number of thiophene rings is 1. The largest absolute Gasteiger partial charge is 0.456 e. The van der Waals surface area contributed by atoms with Gasteiger partial charge in [-0.3, -0.25) is 0 Å². The normalized spacial score (nSPS) is 12.1. The van der Waals surface area contributed by atoms with E-state index in [0.29, 0.717) is 0 Å². The lowest BCUT2D eigenvalue weighted by molar-refractivity contribution is 0.669. The molecule has 2 aromatic heterocycles. The summed E-state index contributed by atoms with van der Waals surface area (Å²) in [5.41, 5.74) is 6.88. The minimum atomic E-state index is 0.924. The Hall–Kier alpha value is -5.44. The third-order valence-corrected chi connectivity index (χ3v) is 10.4. The highest BCUT2D eigenvalue weighted by atomic mass is 32.1. The average molecular weight is 577 g/mol. The predicted molar refractivity (Wildman–Crippen MR) is 190 cm³/mol. The molecule has 0 spiro atoms. The van der Waals surface area contributed by atoms with Crippen LogP contribution in [0.25, 0.3) is 96.7 Å². The molecule has 0 fully saturated rings. The molecular weight excluding hydrogens is 553 g/mol. The second kappa shape index (κ2) is 9.03. The number of benzene rings is 8. The molecule has 0 bridgehead atoms. The summed E-state index contributed by atoms with van der Waals surface area (Å²) in [4.78, 5) is 0. The Morgan fingerprint density at radius 3 is 1.77 bits per heavy atom. The maximum atomic E-state index is 6.36. The molecule has 2 heteroatoms. The number of para-hydroxylation sites is 1. The molecule has 0 radical (unpaired) electrons. The minimum absolute atomic E-state index is 0.924. The van der Waals surface area contributed by atoms with Crippen LogP contribution < -0.4 is 0 Å². The van der Waals surface area contributed by atoms with Crippen LogP contribution in [0, 0.1) is 0 Å². The van der Waals surface area contributed by atoms with E-state index in [9.17, 15) is 0 Å². The molecule has 10 rings (SSSR count). The summed E-state index contributed by atoms with van der Waals surface area (Å²) in [6.45, 7) is 0. The molecule has 0 unspecified atom stereocenters. The van der Waals surface area contributed by atoms with E-state index in [2.05, 4.69) is 140 Å². The smallest absolute Gasteiger partial charge is 0.136 e. The molecule has 44 heavy (non-hydrogen) atoms. The first-order valence-electron chi connectivity index (χ1n) is 15.0. The van der Waals surface area contributed by atoms with Crippen LogP contribution in [-0.4, -0.2) is 0 Å². The molecule has 2 heterocycles. The van der Waals surface area contributed by atoms with Crippen molar-refractivity contribution in [3.63, 3.8) is 0 Å². The number of furan rings is 1. The van der Waals surface area contributed by atoms with Crippen molar-refractivity contribution in [1.82, 2.24) is 0 Å². The molecule has 0 amide bonds. The number of hydrogen-bond acceptors (Lipinski definition) is 2. The molecule has 0 atom stereocenters. The van der Waals surface area contributed by atoms with Crippen LogP contribution in [0.2, 0.25) is 0 Å². The van der Waals surface area contributed by atoms with Crippen molar-refractivity contribution >= 4 is 85.8 Å². The molecule has 0 aliphatic rings. The molecular formula is C42H24OS. The zero-order valence-corrected chi connectivity index (χ0v) is 24.5. The fourth-order valence-electron chi connectivity index (χ4n) is 7.33. The predicted octanol–water partition coefficient (Wildman–Crippen LogP) is 12.7. The van der Waals surface area contributed by atoms with Gasteiger partial charge in [0.15, 0.2) is 0 Å². The van der Waals surface area contributed by atoms with Crippen LogP contribution in [-0.2, 0) is 0 Å². The third kappa shape index (κ3) is 3.35. The van der Waals surface area contributed by atoms with E-state index in [0.717, 1.165) is 21.9 Å². The first-order chi connectivity index (χ1) is 21.8. The zero-order chi connectivity index (χ0) is 28.8. The van der Waals surface area contributed by atoms with Gasteiger partial charge in [-0.25, -0.2) is 0 Å². The standard InChI is InChI=1S/C42H24OS/c1-3-15-31-29(13-1)41(26-20-21-40-36(23-26)28-12-6-8-19-39(28)44-40)30-14-2-4-16-32(30)42(31)33-17-9-10-25-22-35-27-11-5-7-18-37(27)43-38(35)24-34(25)33/h1-24H. The number of hydrogen-bond donors (Lipinski definition) is 0. The molecule has 1 nitrogen and oxygen atoms in total. The van der Waals surface area contributed by atoms with Gasteiger partial charge in [-0.15, -0.1) is 11.3 Å². The molecule has 0 N–H and O–H groups in total. The molecule has 0 aliphatic carbocycles. The highest BCUT2D eigenvalue weighted by Crippen LogP contribution is 2.47. The summed E-state index contributed by atoms with van der Waals surface area (Å²) >= 11 is 1.87. The van der Waals surface area contributed by atoms with Gasteiger partial charge in [-0.1, -0.05) is 109 Å². The third-order valence-electron chi connectivity index (χ3n) is 9.24. The Bertz CT molecular complexity index is 2720. The molecule has 0 saturated carbocycles. The molecule has 0 aliphatic heterocycles. The summed E-state index contributed by atoms with van der Waals surface area (Å²) < 4.78 is 9.02. The summed E-state index contributed by atoms with van der Waals surface area (Å²) in [5, 5.41) is 12.4. The van der Waals surface area contributed by atoms with Crippen molar-refractivity contribution < 1.29 is 4.42 Å². The van der Waals surface area contributed by atoms with Crippen LogP contribution >= 0.6 is 11.3 Å². The lowest BCUT2D eigenvalue weighted by Gasteiger charge is -2.19. The van der Waals surface area contributed by atoms with Crippen LogP contribution in [0.5, 0.6) is 0 Å².